The van der Waals surface area contributed by atoms with Crippen molar-refractivity contribution in [2.75, 3.05) is 39.6 Å². The van der Waals surface area contributed by atoms with Crippen LogP contribution >= 0.6 is 35.7 Å². The lowest BCUT2D eigenvalue weighted by molar-refractivity contribution is 0.138. The predicted molar refractivity (Wildman–Crippen MR) is 119 cm³/mol. The molecule has 4 nitrogen and oxygen atoms in total. The van der Waals surface area contributed by atoms with Crippen LogP contribution < -0.4 is 10.6 Å². The van der Waals surface area contributed by atoms with E-state index in [0.29, 0.717) is 5.41 Å². The van der Waals surface area contributed by atoms with Crippen LogP contribution in [0.4, 0.5) is 0 Å². The van der Waals surface area contributed by atoms with Gasteiger partial charge in [0, 0.05) is 44.5 Å². The van der Waals surface area contributed by atoms with Crippen LogP contribution in [0.25, 0.3) is 0 Å². The first-order valence-corrected chi connectivity index (χ1v) is 9.88. The van der Waals surface area contributed by atoms with Crippen LogP contribution in [0.5, 0.6) is 0 Å². The van der Waals surface area contributed by atoms with Gasteiger partial charge in [-0.15, -0.1) is 35.7 Å². The molecule has 0 spiro atoms. The van der Waals surface area contributed by atoms with Crippen molar-refractivity contribution in [3.63, 3.8) is 0 Å². The summed E-state index contributed by atoms with van der Waals surface area (Å²) in [5.74, 6) is 1.94. The van der Waals surface area contributed by atoms with Crippen LogP contribution in [0.15, 0.2) is 40.2 Å². The van der Waals surface area contributed by atoms with Crippen LogP contribution in [-0.4, -0.2) is 45.6 Å². The van der Waals surface area contributed by atoms with Crippen molar-refractivity contribution >= 4 is 41.7 Å². The van der Waals surface area contributed by atoms with Crippen LogP contribution in [0.3, 0.4) is 0 Å². The van der Waals surface area contributed by atoms with Crippen molar-refractivity contribution in [3.8, 4) is 0 Å². The van der Waals surface area contributed by atoms with Gasteiger partial charge in [0.15, 0.2) is 5.96 Å². The Morgan fingerprint density at radius 3 is 2.56 bits per heavy atom. The van der Waals surface area contributed by atoms with Gasteiger partial charge in [0.05, 0.1) is 0 Å². The maximum absolute atomic E-state index is 5.31. The standard InChI is InChI=1S/C19H31N3OS.HI/c1-20-18(21-13-15-24-17-8-4-3-5-9-17)22-16-19(12-14-23-2)10-6-7-11-19;/h3-5,8-9H,6-7,10-16H2,1-2H3,(H2,20,21,22);1H. The van der Waals surface area contributed by atoms with Gasteiger partial charge in [0.1, 0.15) is 0 Å². The molecule has 0 amide bonds. The molecule has 6 heteroatoms. The molecule has 1 aromatic carbocycles. The van der Waals surface area contributed by atoms with E-state index >= 15 is 0 Å². The van der Waals surface area contributed by atoms with E-state index in [1.165, 1.54) is 30.6 Å². The Morgan fingerprint density at radius 2 is 1.92 bits per heavy atom. The number of nitrogens with zero attached hydrogens (tertiary/aromatic N) is 1. The zero-order chi connectivity index (χ0) is 17.1. The van der Waals surface area contributed by atoms with Crippen molar-refractivity contribution in [1.29, 1.82) is 0 Å². The molecule has 142 valence electrons. The SMILES string of the molecule is CN=C(NCCSc1ccccc1)NCC1(CCOC)CCCC1.I. The van der Waals surface area contributed by atoms with E-state index in [1.54, 1.807) is 7.11 Å². The molecular weight excluding hydrogens is 445 g/mol. The van der Waals surface area contributed by atoms with E-state index in [2.05, 4.69) is 46.0 Å². The minimum Gasteiger partial charge on any atom is -0.385 e. The number of halogens is 1. The molecule has 1 saturated carbocycles. The van der Waals surface area contributed by atoms with E-state index in [1.807, 2.05) is 18.8 Å². The predicted octanol–water partition coefficient (Wildman–Crippen LogP) is 4.16. The number of nitrogens with one attached hydrogen (secondary N) is 2. The molecule has 0 bridgehead atoms. The van der Waals surface area contributed by atoms with Crippen molar-refractivity contribution in [2.24, 2.45) is 10.4 Å². The number of thioether (sulfide) groups is 1. The number of guanidine groups is 1. The summed E-state index contributed by atoms with van der Waals surface area (Å²) in [6.45, 7) is 2.74. The lowest BCUT2D eigenvalue weighted by atomic mass is 9.83. The Kier molecular flexibility index (Phi) is 11.6. The third-order valence-corrected chi connectivity index (χ3v) is 5.78. The first kappa shape index (κ1) is 22.6. The highest BCUT2D eigenvalue weighted by Crippen LogP contribution is 2.40. The van der Waals surface area contributed by atoms with Gasteiger partial charge >= 0.3 is 0 Å². The summed E-state index contributed by atoms with van der Waals surface area (Å²) in [4.78, 5) is 5.67. The monoisotopic (exact) mass is 477 g/mol. The quantitative estimate of drug-likeness (QED) is 0.184. The van der Waals surface area contributed by atoms with Crippen molar-refractivity contribution < 1.29 is 4.74 Å². The molecule has 25 heavy (non-hydrogen) atoms. The highest BCUT2D eigenvalue weighted by atomic mass is 127. The molecule has 1 aromatic rings. The summed E-state index contributed by atoms with van der Waals surface area (Å²) in [5, 5.41) is 6.96. The molecule has 1 aliphatic carbocycles. The van der Waals surface area contributed by atoms with E-state index < -0.39 is 0 Å². The van der Waals surface area contributed by atoms with Gasteiger partial charge in [-0.05, 0) is 36.8 Å². The molecule has 1 fully saturated rings. The van der Waals surface area contributed by atoms with E-state index in [9.17, 15) is 0 Å². The van der Waals surface area contributed by atoms with Crippen molar-refractivity contribution in [3.05, 3.63) is 30.3 Å². The molecular formula is C19H32IN3OS. The second-order valence-corrected chi connectivity index (χ2v) is 7.63. The Morgan fingerprint density at radius 1 is 1.20 bits per heavy atom. The van der Waals surface area contributed by atoms with Crippen LogP contribution in [-0.2, 0) is 4.74 Å². The Labute approximate surface area is 174 Å². The summed E-state index contributed by atoms with van der Waals surface area (Å²) >= 11 is 1.86. The summed E-state index contributed by atoms with van der Waals surface area (Å²) < 4.78 is 5.31. The fourth-order valence-corrected chi connectivity index (χ4v) is 4.10. The molecule has 2 rings (SSSR count). The number of hydrogen-bond acceptors (Lipinski definition) is 3. The van der Waals surface area contributed by atoms with Crippen LogP contribution in [0, 0.1) is 5.41 Å². The zero-order valence-corrected chi connectivity index (χ0v) is 18.6. The highest BCUT2D eigenvalue weighted by Gasteiger charge is 2.33. The Balaban J connectivity index is 0.00000312. The number of aliphatic imine (C=N–C) groups is 1. The average molecular weight is 477 g/mol. The smallest absolute Gasteiger partial charge is 0.191 e. The van der Waals surface area contributed by atoms with E-state index in [4.69, 9.17) is 4.74 Å². The van der Waals surface area contributed by atoms with Gasteiger partial charge in [-0.25, -0.2) is 0 Å². The number of hydrogen-bond donors (Lipinski definition) is 2. The first-order chi connectivity index (χ1) is 11.8. The molecule has 0 aromatic heterocycles. The number of benzene rings is 1. The first-order valence-electron chi connectivity index (χ1n) is 8.89. The highest BCUT2D eigenvalue weighted by molar-refractivity contribution is 14.0. The molecule has 2 N–H and O–H groups in total. The minimum atomic E-state index is 0. The topological polar surface area (TPSA) is 45.7 Å². The molecule has 1 aliphatic rings. The van der Waals surface area contributed by atoms with Crippen LogP contribution in [0.1, 0.15) is 32.1 Å². The molecule has 0 heterocycles. The molecule has 0 unspecified atom stereocenters. The molecule has 0 aliphatic heterocycles. The van der Waals surface area contributed by atoms with E-state index in [-0.39, 0.29) is 24.0 Å². The van der Waals surface area contributed by atoms with Crippen LogP contribution in [0.2, 0.25) is 0 Å². The third-order valence-electron chi connectivity index (χ3n) is 4.76. The van der Waals surface area contributed by atoms with Gasteiger partial charge in [-0.3, -0.25) is 4.99 Å². The second-order valence-electron chi connectivity index (χ2n) is 6.46. The van der Waals surface area contributed by atoms with Crippen molar-refractivity contribution in [2.45, 2.75) is 37.0 Å². The van der Waals surface area contributed by atoms with Gasteiger partial charge in [-0.2, -0.15) is 0 Å². The van der Waals surface area contributed by atoms with Gasteiger partial charge < -0.3 is 15.4 Å². The largest absolute Gasteiger partial charge is 0.385 e. The Hall–Kier alpha value is -0.470. The lowest BCUT2D eigenvalue weighted by Gasteiger charge is -2.29. The average Bonchev–Trinajstić information content (AvgIpc) is 3.09. The van der Waals surface area contributed by atoms with Gasteiger partial charge in [-0.1, -0.05) is 31.0 Å². The second kappa shape index (κ2) is 12.8. The van der Waals surface area contributed by atoms with Crippen molar-refractivity contribution in [1.82, 2.24) is 10.6 Å². The number of rotatable bonds is 9. The number of ether oxygens (including phenoxy) is 1. The summed E-state index contributed by atoms with van der Waals surface area (Å²) in [6.07, 6.45) is 6.40. The maximum Gasteiger partial charge on any atom is 0.191 e. The zero-order valence-electron chi connectivity index (χ0n) is 15.4. The normalized spacial score (nSPS) is 16.3. The van der Waals surface area contributed by atoms with E-state index in [0.717, 1.165) is 37.8 Å². The lowest BCUT2D eigenvalue weighted by Crippen LogP contribution is -2.44. The summed E-state index contributed by atoms with van der Waals surface area (Å²) in [6, 6.07) is 10.5. The maximum atomic E-state index is 5.31. The summed E-state index contributed by atoms with van der Waals surface area (Å²) in [7, 11) is 3.64. The number of methoxy groups -OCH3 is 1. The molecule has 0 radical (unpaired) electrons. The summed E-state index contributed by atoms with van der Waals surface area (Å²) in [5.41, 5.74) is 0.381. The van der Waals surface area contributed by atoms with Gasteiger partial charge in [0.2, 0.25) is 0 Å². The Bertz CT molecular complexity index is 493. The molecule has 0 atom stereocenters. The fourth-order valence-electron chi connectivity index (χ4n) is 3.31. The third kappa shape index (κ3) is 8.17. The molecule has 0 saturated heterocycles. The minimum absolute atomic E-state index is 0. The van der Waals surface area contributed by atoms with Gasteiger partial charge in [0.25, 0.3) is 0 Å². The fraction of sp³-hybridized carbons (Fsp3) is 0.632.